The van der Waals surface area contributed by atoms with Crippen molar-refractivity contribution in [1.29, 1.82) is 0 Å². The first kappa shape index (κ1) is 18.0. The highest BCUT2D eigenvalue weighted by Crippen LogP contribution is 2.17. The van der Waals surface area contributed by atoms with Gasteiger partial charge in [0, 0.05) is 0 Å². The number of hydrogen-bond acceptors (Lipinski definition) is 2. The minimum atomic E-state index is -2.19. The molecule has 0 fully saturated rings. The van der Waals surface area contributed by atoms with E-state index in [2.05, 4.69) is 0 Å². The second kappa shape index (κ2) is 7.26. The summed E-state index contributed by atoms with van der Waals surface area (Å²) in [6.45, 7) is 0. The van der Waals surface area contributed by atoms with E-state index >= 15 is 0 Å². The molecule has 1 aromatic rings. The van der Waals surface area contributed by atoms with E-state index in [9.17, 15) is 22.0 Å². The molecule has 0 aliphatic rings. The van der Waals surface area contributed by atoms with E-state index in [4.69, 9.17) is 7.41 Å². The molecule has 0 heterocycles. The number of rotatable bonds is 5. The first-order valence-electron chi connectivity index (χ1n) is 5.99. The summed E-state index contributed by atoms with van der Waals surface area (Å²) in [5, 5.41) is 0. The van der Waals surface area contributed by atoms with Gasteiger partial charge in [-0.25, -0.2) is 22.0 Å². The molecule has 10 heteroatoms. The Bertz CT molecular complexity index is 462. The molecule has 0 saturated carbocycles. The van der Waals surface area contributed by atoms with Crippen LogP contribution in [0.1, 0.15) is 0 Å². The van der Waals surface area contributed by atoms with Crippen molar-refractivity contribution in [2.24, 2.45) is 0 Å². The lowest BCUT2D eigenvalue weighted by Crippen LogP contribution is -2.47. The molecule has 0 saturated heterocycles. The first-order chi connectivity index (χ1) is 9.16. The summed E-state index contributed by atoms with van der Waals surface area (Å²) >= 11 is -3.63. The third-order valence-electron chi connectivity index (χ3n) is 2.27. The smallest absolute Gasteiger partial charge is 0.440 e. The molecule has 0 spiro atoms. The predicted molar refractivity (Wildman–Crippen MR) is 68.8 cm³/mol. The first-order valence-corrected chi connectivity index (χ1v) is 11.5. The van der Waals surface area contributed by atoms with Gasteiger partial charge in [0.1, 0.15) is 0 Å². The highest BCUT2D eigenvalue weighted by molar-refractivity contribution is 6.75. The van der Waals surface area contributed by atoms with Crippen molar-refractivity contribution in [1.82, 2.24) is 0 Å². The van der Waals surface area contributed by atoms with Crippen molar-refractivity contribution >= 4 is 41.5 Å². The lowest BCUT2D eigenvalue weighted by atomic mass is 9.79. The van der Waals surface area contributed by atoms with E-state index in [-0.39, 0.29) is 0 Å². The van der Waals surface area contributed by atoms with Crippen LogP contribution in [0.5, 0.6) is 0 Å². The van der Waals surface area contributed by atoms with Crippen molar-refractivity contribution in [3.05, 3.63) is 29.1 Å². The Morgan fingerprint density at radius 2 is 0.950 bits per heavy atom. The maximum Gasteiger partial charge on any atom is 0.440 e. The van der Waals surface area contributed by atoms with Gasteiger partial charge in [0.15, 0.2) is 29.1 Å². The van der Waals surface area contributed by atoms with E-state index in [0.29, 0.717) is 0 Å². The van der Waals surface area contributed by atoms with E-state index in [0.717, 1.165) is 0 Å². The van der Waals surface area contributed by atoms with Crippen molar-refractivity contribution < 1.29 is 29.4 Å². The maximum absolute atomic E-state index is 13.7. The van der Waals surface area contributed by atoms with Crippen molar-refractivity contribution in [3.8, 4) is 0 Å². The van der Waals surface area contributed by atoms with Gasteiger partial charge in [0.25, 0.3) is 0 Å². The number of hydrogen-bond donors (Lipinski definition) is 0. The summed E-state index contributed by atoms with van der Waals surface area (Å²) in [6.07, 6.45) is 0. The fourth-order valence-electron chi connectivity index (χ4n) is 1.49. The van der Waals surface area contributed by atoms with Crippen LogP contribution < -0.4 is 5.46 Å². The Labute approximate surface area is 123 Å². The zero-order valence-electron chi connectivity index (χ0n) is 11.4. The molecule has 1 rings (SSSR count). The minimum Gasteiger partial charge on any atom is -0.541 e. The van der Waals surface area contributed by atoms with Crippen molar-refractivity contribution in [3.63, 3.8) is 0 Å². The standard InChI is InChI=1S/C6BF5O2.4CH3.2Al/c8-2-1(7(13)14)3(9)5(11)6(12)4(2)10;;;;;;/h;4*1H3;;/q-2;;;;;2*+1. The Hall–Kier alpha value is -0.0801. The fourth-order valence-corrected chi connectivity index (χ4v) is 3.01. The number of halogens is 5. The molecular weight excluding hydrogens is 312 g/mol. The van der Waals surface area contributed by atoms with Gasteiger partial charge in [-0.2, -0.15) is 0 Å². The van der Waals surface area contributed by atoms with Crippen LogP contribution in [0.25, 0.3) is 0 Å². The molecule has 1 aromatic carbocycles. The zero-order chi connectivity index (χ0) is 15.6. The highest BCUT2D eigenvalue weighted by atomic mass is 27.2. The summed E-state index contributed by atoms with van der Waals surface area (Å²) in [5.74, 6) is -3.19. The van der Waals surface area contributed by atoms with Crippen LogP contribution >= 0.6 is 0 Å². The molecule has 0 aliphatic carbocycles. The molecule has 0 radical (unpaired) electrons. The maximum atomic E-state index is 13.7. The van der Waals surface area contributed by atoms with E-state index in [1.807, 2.05) is 0 Å². The van der Waals surface area contributed by atoms with Crippen LogP contribution in [0, 0.1) is 29.1 Å². The summed E-state index contributed by atoms with van der Waals surface area (Å²) in [5.41, 5.74) is -1.05. The fraction of sp³-hybridized carbons (Fsp3) is 0.400. The zero-order valence-corrected chi connectivity index (χ0v) is 13.7. The minimum absolute atomic E-state index is 1.05. The lowest BCUT2D eigenvalue weighted by Gasteiger charge is -2.21. The molecule has 0 bridgehead atoms. The van der Waals surface area contributed by atoms with Crippen LogP contribution in [0.2, 0.25) is 23.1 Å². The molecule has 0 amide bonds. The van der Waals surface area contributed by atoms with Gasteiger partial charge < -0.3 is 7.41 Å². The summed E-state index contributed by atoms with van der Waals surface area (Å²) in [4.78, 5) is 0. The average molecular weight is 324 g/mol. The molecule has 0 aromatic heterocycles. The molecular formula is C10H12Al2BF5O2. The quantitative estimate of drug-likeness (QED) is 0.359. The van der Waals surface area contributed by atoms with E-state index < -0.39 is 70.6 Å². The predicted octanol–water partition coefficient (Wildman–Crippen LogP) is 2.61. The van der Waals surface area contributed by atoms with E-state index in [1.165, 1.54) is 0 Å². The molecule has 2 nitrogen and oxygen atoms in total. The van der Waals surface area contributed by atoms with E-state index in [1.54, 1.807) is 23.1 Å². The second-order valence-electron chi connectivity index (χ2n) is 4.69. The Kier molecular flexibility index (Phi) is 6.53. The van der Waals surface area contributed by atoms with Gasteiger partial charge in [-0.15, -0.1) is 0 Å². The van der Waals surface area contributed by atoms with Gasteiger partial charge in [-0.05, 0) is 0 Å². The monoisotopic (exact) mass is 324 g/mol. The van der Waals surface area contributed by atoms with Crippen LogP contribution in [0.3, 0.4) is 0 Å². The van der Waals surface area contributed by atoms with Crippen LogP contribution in [-0.2, 0) is 7.41 Å². The summed E-state index contributed by atoms with van der Waals surface area (Å²) < 4.78 is 77.3. The number of benzene rings is 1. The van der Waals surface area contributed by atoms with Gasteiger partial charge in [0.2, 0.25) is 0 Å². The Balaban J connectivity index is 3.39. The molecule has 0 aliphatic heterocycles. The van der Waals surface area contributed by atoms with Crippen LogP contribution in [-0.4, -0.2) is 36.1 Å². The van der Waals surface area contributed by atoms with Gasteiger partial charge in [0.05, 0.1) is 5.46 Å². The average Bonchev–Trinajstić information content (AvgIpc) is 2.32. The van der Waals surface area contributed by atoms with Gasteiger partial charge >= 0.3 is 36.1 Å². The lowest BCUT2D eigenvalue weighted by molar-refractivity contribution is 0.377. The van der Waals surface area contributed by atoms with Gasteiger partial charge in [-0.3, -0.25) is 0 Å². The van der Waals surface area contributed by atoms with Gasteiger partial charge in [-0.1, -0.05) is 23.1 Å². The molecule has 0 atom stereocenters. The van der Waals surface area contributed by atoms with Crippen molar-refractivity contribution in [2.45, 2.75) is 23.1 Å². The third kappa shape index (κ3) is 3.98. The SMILES string of the molecule is [CH3][Al]([CH3])[O]B([O][Al]([CH3])[CH3])c1c(F)c(F)c(F)c(F)c1F. The molecule has 20 heavy (non-hydrogen) atoms. The third-order valence-corrected chi connectivity index (χ3v) is 3.85. The molecule has 108 valence electrons. The summed E-state index contributed by atoms with van der Waals surface area (Å²) in [7, 11) is -1.56. The van der Waals surface area contributed by atoms with Crippen LogP contribution in [0.4, 0.5) is 22.0 Å². The largest absolute Gasteiger partial charge is 0.541 e. The summed E-state index contributed by atoms with van der Waals surface area (Å²) in [6, 6.07) is 0. The second-order valence-corrected chi connectivity index (χ2v) is 9.42. The molecule has 0 unspecified atom stereocenters. The Morgan fingerprint density at radius 1 is 0.650 bits per heavy atom. The normalized spacial score (nSPS) is 10.7. The Morgan fingerprint density at radius 3 is 1.25 bits per heavy atom. The van der Waals surface area contributed by atoms with Crippen molar-refractivity contribution in [2.75, 3.05) is 0 Å². The topological polar surface area (TPSA) is 18.5 Å². The molecule has 0 N–H and O–H groups in total. The van der Waals surface area contributed by atoms with Crippen LogP contribution in [0.15, 0.2) is 0 Å². The highest BCUT2D eigenvalue weighted by Gasteiger charge is 2.36.